The van der Waals surface area contributed by atoms with Crippen molar-refractivity contribution in [3.63, 3.8) is 0 Å². The molecule has 0 unspecified atom stereocenters. The van der Waals surface area contributed by atoms with E-state index in [-0.39, 0.29) is 0 Å². The van der Waals surface area contributed by atoms with E-state index in [1.807, 2.05) is 44.2 Å². The van der Waals surface area contributed by atoms with E-state index in [0.29, 0.717) is 11.6 Å². The van der Waals surface area contributed by atoms with Gasteiger partial charge in [0.25, 0.3) is 0 Å². The highest BCUT2D eigenvalue weighted by Gasteiger charge is 2.08. The third kappa shape index (κ3) is 3.54. The van der Waals surface area contributed by atoms with Crippen LogP contribution in [-0.4, -0.2) is 6.54 Å². The smallest absolute Gasteiger partial charge is 0.132 e. The lowest BCUT2D eigenvalue weighted by atomic mass is 10.1. The van der Waals surface area contributed by atoms with Crippen molar-refractivity contribution in [2.75, 3.05) is 6.54 Å². The van der Waals surface area contributed by atoms with E-state index in [1.165, 1.54) is 0 Å². The summed E-state index contributed by atoms with van der Waals surface area (Å²) in [5.41, 5.74) is 8.98. The third-order valence-electron chi connectivity index (χ3n) is 3.08. The second kappa shape index (κ2) is 6.61. The lowest BCUT2D eigenvalue weighted by Gasteiger charge is -2.13. The highest BCUT2D eigenvalue weighted by atomic mass is 79.9. The Hall–Kier alpha value is -1.03. The molecule has 2 rings (SSSR count). The summed E-state index contributed by atoms with van der Waals surface area (Å²) in [5.74, 6) is 1.58. The van der Waals surface area contributed by atoms with Crippen LogP contribution in [0.2, 0.25) is 5.02 Å². The molecule has 0 amide bonds. The van der Waals surface area contributed by atoms with Crippen molar-refractivity contribution in [3.8, 4) is 11.5 Å². The maximum Gasteiger partial charge on any atom is 0.132 e. The largest absolute Gasteiger partial charge is 0.457 e. The Morgan fingerprint density at radius 1 is 1.15 bits per heavy atom. The number of halogens is 2. The van der Waals surface area contributed by atoms with Gasteiger partial charge < -0.3 is 10.5 Å². The lowest BCUT2D eigenvalue weighted by Crippen LogP contribution is -2.04. The van der Waals surface area contributed by atoms with Gasteiger partial charge in [-0.3, -0.25) is 0 Å². The van der Waals surface area contributed by atoms with E-state index in [1.54, 1.807) is 0 Å². The molecular weight excluding hydrogens is 338 g/mol. The minimum absolute atomic E-state index is 0.580. The molecule has 2 aromatic rings. The zero-order valence-corrected chi connectivity index (χ0v) is 13.9. The molecule has 2 nitrogen and oxygen atoms in total. The lowest BCUT2D eigenvalue weighted by molar-refractivity contribution is 0.475. The van der Waals surface area contributed by atoms with Crippen LogP contribution in [0.1, 0.15) is 16.7 Å². The topological polar surface area (TPSA) is 35.2 Å². The van der Waals surface area contributed by atoms with Crippen molar-refractivity contribution >= 4 is 27.5 Å². The number of ether oxygens (including phenoxy) is 1. The molecule has 0 bridgehead atoms. The Bertz CT molecular complexity index is 605. The molecule has 4 heteroatoms. The first-order valence-corrected chi connectivity index (χ1v) is 7.61. The quantitative estimate of drug-likeness (QED) is 0.837. The second-order valence-corrected chi connectivity index (χ2v) is 5.99. The van der Waals surface area contributed by atoms with Crippen LogP contribution in [0.25, 0.3) is 0 Å². The van der Waals surface area contributed by atoms with E-state index in [0.717, 1.165) is 39.1 Å². The van der Waals surface area contributed by atoms with Crippen molar-refractivity contribution in [3.05, 3.63) is 56.5 Å². The molecule has 0 aromatic heterocycles. The van der Waals surface area contributed by atoms with E-state index in [2.05, 4.69) is 15.9 Å². The zero-order valence-electron chi connectivity index (χ0n) is 11.5. The van der Waals surface area contributed by atoms with Gasteiger partial charge in [0.05, 0.1) is 0 Å². The predicted molar refractivity (Wildman–Crippen MR) is 87.9 cm³/mol. The van der Waals surface area contributed by atoms with Crippen molar-refractivity contribution < 1.29 is 4.74 Å². The van der Waals surface area contributed by atoms with E-state index < -0.39 is 0 Å². The summed E-state index contributed by atoms with van der Waals surface area (Å²) in [7, 11) is 0. The Kier molecular flexibility index (Phi) is 5.08. The molecule has 0 aliphatic rings. The minimum Gasteiger partial charge on any atom is -0.457 e. The Morgan fingerprint density at radius 3 is 2.40 bits per heavy atom. The molecule has 0 saturated heterocycles. The normalized spacial score (nSPS) is 10.7. The summed E-state index contributed by atoms with van der Waals surface area (Å²) >= 11 is 9.61. The van der Waals surface area contributed by atoms with Crippen LogP contribution in [0.5, 0.6) is 11.5 Å². The van der Waals surface area contributed by atoms with Gasteiger partial charge >= 0.3 is 0 Å². The Morgan fingerprint density at radius 2 is 1.80 bits per heavy atom. The van der Waals surface area contributed by atoms with Gasteiger partial charge in [0, 0.05) is 9.50 Å². The van der Waals surface area contributed by atoms with Gasteiger partial charge in [0.2, 0.25) is 0 Å². The standard InChI is InChI=1S/C16H17BrClNO/c1-10-7-14(8-11(2)16(10)17)20-15-9-13(18)4-3-12(15)5-6-19/h3-4,7-9H,5-6,19H2,1-2H3. The zero-order chi connectivity index (χ0) is 14.7. The van der Waals surface area contributed by atoms with Crippen LogP contribution in [-0.2, 0) is 6.42 Å². The molecular formula is C16H17BrClNO. The number of rotatable bonds is 4. The SMILES string of the molecule is Cc1cc(Oc2cc(Cl)ccc2CCN)cc(C)c1Br. The predicted octanol–water partition coefficient (Wildman–Crippen LogP) is 5.01. The highest BCUT2D eigenvalue weighted by Crippen LogP contribution is 2.32. The van der Waals surface area contributed by atoms with Gasteiger partial charge in [-0.25, -0.2) is 0 Å². The van der Waals surface area contributed by atoms with E-state index >= 15 is 0 Å². The molecule has 0 fully saturated rings. The summed E-state index contributed by atoms with van der Waals surface area (Å²) in [6, 6.07) is 9.66. The first-order chi connectivity index (χ1) is 9.51. The van der Waals surface area contributed by atoms with Gasteiger partial charge in [-0.1, -0.05) is 33.6 Å². The number of benzene rings is 2. The second-order valence-electron chi connectivity index (χ2n) is 4.76. The fourth-order valence-corrected chi connectivity index (χ4v) is 2.47. The van der Waals surface area contributed by atoms with Gasteiger partial charge in [0.1, 0.15) is 11.5 Å². The van der Waals surface area contributed by atoms with Gasteiger partial charge in [-0.05, 0) is 67.8 Å². The van der Waals surface area contributed by atoms with Crippen molar-refractivity contribution in [1.82, 2.24) is 0 Å². The summed E-state index contributed by atoms with van der Waals surface area (Å²) in [6.45, 7) is 4.67. The van der Waals surface area contributed by atoms with Gasteiger partial charge in [-0.2, -0.15) is 0 Å². The maximum atomic E-state index is 6.05. The Balaban J connectivity index is 2.36. The average molecular weight is 355 g/mol. The molecule has 0 radical (unpaired) electrons. The molecule has 0 heterocycles. The molecule has 2 aromatic carbocycles. The average Bonchev–Trinajstić information content (AvgIpc) is 2.39. The monoisotopic (exact) mass is 353 g/mol. The van der Waals surface area contributed by atoms with Gasteiger partial charge in [-0.15, -0.1) is 0 Å². The summed E-state index contributed by atoms with van der Waals surface area (Å²) in [4.78, 5) is 0. The Labute approximate surface area is 133 Å². The van der Waals surface area contributed by atoms with E-state index in [4.69, 9.17) is 22.1 Å². The van der Waals surface area contributed by atoms with Crippen molar-refractivity contribution in [2.45, 2.75) is 20.3 Å². The summed E-state index contributed by atoms with van der Waals surface area (Å²) < 4.78 is 7.11. The van der Waals surface area contributed by atoms with Crippen LogP contribution >= 0.6 is 27.5 Å². The summed E-state index contributed by atoms with van der Waals surface area (Å²) in [6.07, 6.45) is 0.765. The number of hydrogen-bond acceptors (Lipinski definition) is 2. The molecule has 106 valence electrons. The number of aryl methyl sites for hydroxylation is 2. The number of nitrogens with two attached hydrogens (primary N) is 1. The van der Waals surface area contributed by atoms with Crippen LogP contribution in [0.4, 0.5) is 0 Å². The first kappa shape index (κ1) is 15.4. The maximum absolute atomic E-state index is 6.05. The molecule has 0 aliphatic heterocycles. The van der Waals surface area contributed by atoms with Crippen LogP contribution < -0.4 is 10.5 Å². The van der Waals surface area contributed by atoms with Crippen molar-refractivity contribution in [1.29, 1.82) is 0 Å². The fraction of sp³-hybridized carbons (Fsp3) is 0.250. The highest BCUT2D eigenvalue weighted by molar-refractivity contribution is 9.10. The molecule has 2 N–H and O–H groups in total. The minimum atomic E-state index is 0.580. The third-order valence-corrected chi connectivity index (χ3v) is 4.57. The first-order valence-electron chi connectivity index (χ1n) is 6.44. The molecule has 20 heavy (non-hydrogen) atoms. The van der Waals surface area contributed by atoms with Crippen LogP contribution in [0.15, 0.2) is 34.8 Å². The van der Waals surface area contributed by atoms with Gasteiger partial charge in [0.15, 0.2) is 0 Å². The van der Waals surface area contributed by atoms with Crippen molar-refractivity contribution in [2.24, 2.45) is 5.73 Å². The molecule has 0 aliphatic carbocycles. The van der Waals surface area contributed by atoms with Crippen LogP contribution in [0.3, 0.4) is 0 Å². The van der Waals surface area contributed by atoms with E-state index in [9.17, 15) is 0 Å². The molecule has 0 saturated carbocycles. The molecule has 0 spiro atoms. The number of hydrogen-bond donors (Lipinski definition) is 1. The fourth-order valence-electron chi connectivity index (χ4n) is 2.08. The van der Waals surface area contributed by atoms with Crippen LogP contribution in [0, 0.1) is 13.8 Å². The molecule has 0 atom stereocenters. The summed E-state index contributed by atoms with van der Waals surface area (Å²) in [5, 5.41) is 0.659.